The van der Waals surface area contributed by atoms with Crippen molar-refractivity contribution in [1.29, 1.82) is 0 Å². The molecule has 0 spiro atoms. The lowest BCUT2D eigenvalue weighted by atomic mass is 10.0. The number of carbonyl (C=O) groups is 2. The van der Waals surface area contributed by atoms with E-state index in [9.17, 15) is 19.8 Å². The minimum absolute atomic E-state index is 0.00957. The van der Waals surface area contributed by atoms with E-state index in [0.29, 0.717) is 25.9 Å². The fourth-order valence-corrected chi connectivity index (χ4v) is 12.2. The molecule has 0 bridgehead atoms. The number of unbranched alkanes of at least 4 members (excludes halogenated alkanes) is 56. The molecular formula is C79H151NO5. The first-order valence-electron chi connectivity index (χ1n) is 38.7. The molecule has 6 heteroatoms. The van der Waals surface area contributed by atoms with E-state index >= 15 is 0 Å². The van der Waals surface area contributed by atoms with Crippen LogP contribution in [0.15, 0.2) is 36.5 Å². The molecule has 6 nitrogen and oxygen atoms in total. The molecule has 85 heavy (non-hydrogen) atoms. The maximum absolute atomic E-state index is 12.5. The molecule has 0 fully saturated rings. The fourth-order valence-electron chi connectivity index (χ4n) is 12.2. The third-order valence-corrected chi connectivity index (χ3v) is 18.2. The van der Waals surface area contributed by atoms with Crippen molar-refractivity contribution < 1.29 is 24.5 Å². The van der Waals surface area contributed by atoms with Crippen LogP contribution < -0.4 is 5.32 Å². The molecule has 0 saturated heterocycles. The lowest BCUT2D eigenvalue weighted by molar-refractivity contribution is -0.143. The highest BCUT2D eigenvalue weighted by atomic mass is 16.5. The summed E-state index contributed by atoms with van der Waals surface area (Å²) in [4.78, 5) is 24.6. The zero-order chi connectivity index (χ0) is 61.3. The number of carbonyl (C=O) groups excluding carboxylic acids is 2. The zero-order valence-electron chi connectivity index (χ0n) is 57.6. The summed E-state index contributed by atoms with van der Waals surface area (Å²) in [5, 5.41) is 23.4. The Labute approximate surface area is 532 Å². The molecular weight excluding hydrogens is 1040 g/mol. The maximum atomic E-state index is 12.5. The van der Waals surface area contributed by atoms with Gasteiger partial charge in [0.25, 0.3) is 0 Å². The van der Waals surface area contributed by atoms with Crippen LogP contribution in [0.5, 0.6) is 0 Å². The van der Waals surface area contributed by atoms with Crippen LogP contribution in [0.25, 0.3) is 0 Å². The van der Waals surface area contributed by atoms with Crippen molar-refractivity contribution in [2.45, 2.75) is 443 Å². The average Bonchev–Trinajstić information content (AvgIpc) is 3.55. The van der Waals surface area contributed by atoms with Gasteiger partial charge in [-0.15, -0.1) is 0 Å². The third kappa shape index (κ3) is 71.0. The first kappa shape index (κ1) is 83.1. The van der Waals surface area contributed by atoms with Gasteiger partial charge in [0.15, 0.2) is 0 Å². The van der Waals surface area contributed by atoms with Gasteiger partial charge in [0, 0.05) is 12.8 Å². The van der Waals surface area contributed by atoms with Gasteiger partial charge in [-0.2, -0.15) is 0 Å². The van der Waals surface area contributed by atoms with Gasteiger partial charge in [-0.1, -0.05) is 378 Å². The summed E-state index contributed by atoms with van der Waals surface area (Å²) < 4.78 is 5.47. The fraction of sp³-hybridized carbons (Fsp3) is 0.899. The zero-order valence-corrected chi connectivity index (χ0v) is 57.6. The van der Waals surface area contributed by atoms with Gasteiger partial charge in [-0.05, 0) is 77.0 Å². The smallest absolute Gasteiger partial charge is 0.305 e. The third-order valence-electron chi connectivity index (χ3n) is 18.2. The second-order valence-corrected chi connectivity index (χ2v) is 26.7. The van der Waals surface area contributed by atoms with Crippen LogP contribution in [-0.4, -0.2) is 47.4 Å². The molecule has 0 aliphatic heterocycles. The maximum Gasteiger partial charge on any atom is 0.305 e. The molecule has 0 aromatic rings. The highest BCUT2D eigenvalue weighted by Crippen LogP contribution is 2.19. The number of rotatable bonds is 73. The SMILES string of the molecule is CCCC/C=C\CCCCCCCC(=O)OCCCCCCCCCCCCCCCCC/C=C\C/C=C\CCCCCCCCCCCCCCCCCCCC(=O)NC(CO)C(O)CCCCCCCCCCCCCCCCCCCC. The Bertz CT molecular complexity index is 1380. The summed E-state index contributed by atoms with van der Waals surface area (Å²) in [7, 11) is 0. The Morgan fingerprint density at radius 3 is 0.941 bits per heavy atom. The van der Waals surface area contributed by atoms with E-state index in [2.05, 4.69) is 55.6 Å². The first-order valence-corrected chi connectivity index (χ1v) is 38.7. The van der Waals surface area contributed by atoms with Crippen LogP contribution in [0.2, 0.25) is 0 Å². The van der Waals surface area contributed by atoms with Crippen LogP contribution >= 0.6 is 0 Å². The first-order chi connectivity index (χ1) is 42.0. The molecule has 2 atom stereocenters. The molecule has 0 heterocycles. The largest absolute Gasteiger partial charge is 0.466 e. The Morgan fingerprint density at radius 1 is 0.329 bits per heavy atom. The normalized spacial score (nSPS) is 12.7. The van der Waals surface area contributed by atoms with Gasteiger partial charge >= 0.3 is 5.97 Å². The topological polar surface area (TPSA) is 95.9 Å². The van der Waals surface area contributed by atoms with Gasteiger partial charge in [0.1, 0.15) is 0 Å². The molecule has 502 valence electrons. The Hall–Kier alpha value is -1.92. The van der Waals surface area contributed by atoms with Crippen LogP contribution in [0.3, 0.4) is 0 Å². The standard InChI is InChI=1S/C79H151NO5/c1-3-5-7-9-11-13-15-16-17-18-42-45-48-52-55-59-63-67-71-77(82)76(75-81)80-78(83)72-68-64-60-56-53-49-46-43-40-38-36-34-32-30-28-26-24-22-20-19-21-23-25-27-29-31-33-35-37-39-41-44-47-50-54-58-62-66-70-74-85-79(84)73-69-65-61-57-51-14-12-10-8-6-4-2/h10,12,19-20,23,25,76-77,81-82H,3-9,11,13-18,21-22,24,26-75H2,1-2H3,(H,80,83)/b12-10-,20-19-,25-23-. The van der Waals surface area contributed by atoms with Gasteiger partial charge in [0.05, 0.1) is 25.4 Å². The van der Waals surface area contributed by atoms with Crippen molar-refractivity contribution in [2.75, 3.05) is 13.2 Å². The van der Waals surface area contributed by atoms with E-state index in [1.165, 1.54) is 347 Å². The number of hydrogen-bond donors (Lipinski definition) is 3. The number of aliphatic hydroxyl groups excluding tert-OH is 2. The van der Waals surface area contributed by atoms with Crippen LogP contribution in [0, 0.1) is 0 Å². The van der Waals surface area contributed by atoms with Gasteiger partial charge < -0.3 is 20.3 Å². The lowest BCUT2D eigenvalue weighted by Crippen LogP contribution is -2.45. The molecule has 3 N–H and O–H groups in total. The number of amides is 1. The van der Waals surface area contributed by atoms with E-state index in [1.54, 1.807) is 0 Å². The van der Waals surface area contributed by atoms with Crippen molar-refractivity contribution in [3.8, 4) is 0 Å². The van der Waals surface area contributed by atoms with Gasteiger partial charge in [0.2, 0.25) is 5.91 Å². The van der Waals surface area contributed by atoms with Crippen LogP contribution in [0.4, 0.5) is 0 Å². The summed E-state index contributed by atoms with van der Waals surface area (Å²) in [6.45, 7) is 4.95. The molecule has 2 unspecified atom stereocenters. The number of nitrogens with one attached hydrogen (secondary N) is 1. The second-order valence-electron chi connectivity index (χ2n) is 26.7. The van der Waals surface area contributed by atoms with Gasteiger partial charge in [-0.25, -0.2) is 0 Å². The predicted molar refractivity (Wildman–Crippen MR) is 375 cm³/mol. The molecule has 0 aliphatic rings. The average molecular weight is 1200 g/mol. The highest BCUT2D eigenvalue weighted by Gasteiger charge is 2.20. The van der Waals surface area contributed by atoms with Crippen molar-refractivity contribution in [2.24, 2.45) is 0 Å². The molecule has 0 saturated carbocycles. The Balaban J connectivity index is 3.35. The van der Waals surface area contributed by atoms with Crippen molar-refractivity contribution in [3.05, 3.63) is 36.5 Å². The summed E-state index contributed by atoms with van der Waals surface area (Å²) in [6.07, 6.45) is 96.7. The number of esters is 1. The van der Waals surface area contributed by atoms with Crippen molar-refractivity contribution >= 4 is 11.9 Å². The molecule has 0 radical (unpaired) electrons. The monoisotopic (exact) mass is 1190 g/mol. The predicted octanol–water partition coefficient (Wildman–Crippen LogP) is 25.4. The Kier molecular flexibility index (Phi) is 72.9. The number of ether oxygens (including phenoxy) is 1. The second kappa shape index (κ2) is 74.5. The molecule has 0 aromatic carbocycles. The van der Waals surface area contributed by atoms with E-state index in [4.69, 9.17) is 4.74 Å². The summed E-state index contributed by atoms with van der Waals surface area (Å²) in [6, 6.07) is -0.540. The number of aliphatic hydroxyl groups is 2. The molecule has 1 amide bonds. The quantitative estimate of drug-likeness (QED) is 0.0320. The van der Waals surface area contributed by atoms with Gasteiger partial charge in [-0.3, -0.25) is 9.59 Å². The van der Waals surface area contributed by atoms with Crippen LogP contribution in [0.1, 0.15) is 431 Å². The van der Waals surface area contributed by atoms with E-state index < -0.39 is 12.1 Å². The van der Waals surface area contributed by atoms with Crippen LogP contribution in [-0.2, 0) is 14.3 Å². The lowest BCUT2D eigenvalue weighted by Gasteiger charge is -2.22. The molecule has 0 aliphatic carbocycles. The minimum atomic E-state index is -0.663. The molecule has 0 aromatic heterocycles. The number of hydrogen-bond acceptors (Lipinski definition) is 5. The van der Waals surface area contributed by atoms with E-state index in [0.717, 1.165) is 51.4 Å². The summed E-state index contributed by atoms with van der Waals surface area (Å²) >= 11 is 0. The Morgan fingerprint density at radius 2 is 0.600 bits per heavy atom. The minimum Gasteiger partial charge on any atom is -0.466 e. The summed E-state index contributed by atoms with van der Waals surface area (Å²) in [5.74, 6) is -0.0182. The highest BCUT2D eigenvalue weighted by molar-refractivity contribution is 5.76. The van der Waals surface area contributed by atoms with E-state index in [1.807, 2.05) is 0 Å². The summed E-state index contributed by atoms with van der Waals surface area (Å²) in [5.41, 5.74) is 0. The van der Waals surface area contributed by atoms with E-state index in [-0.39, 0.29) is 18.5 Å². The van der Waals surface area contributed by atoms with Crippen molar-refractivity contribution in [1.82, 2.24) is 5.32 Å². The number of allylic oxidation sites excluding steroid dienone is 6. The van der Waals surface area contributed by atoms with Crippen molar-refractivity contribution in [3.63, 3.8) is 0 Å². The molecule has 0 rings (SSSR count).